The SMILES string of the molecule is CCOc1ncc(-c2cc(N(C)CC3(COC)CCC3)c3[nH]c(-c4cnc(N5CCN(CCCC(=O)O)[C@@H](C)C5)cn4)nc3n2)cc1C(F)(F)F. The summed E-state index contributed by atoms with van der Waals surface area (Å²) in [6, 6.07) is 3.00. The van der Waals surface area contributed by atoms with Crippen molar-refractivity contribution in [3.05, 3.63) is 36.3 Å². The van der Waals surface area contributed by atoms with Crippen LogP contribution in [0.25, 0.3) is 33.9 Å². The highest BCUT2D eigenvalue weighted by Crippen LogP contribution is 2.44. The van der Waals surface area contributed by atoms with Crippen LogP contribution in [-0.2, 0) is 15.7 Å². The normalized spacial score (nSPS) is 17.8. The number of nitrogens with one attached hydrogen (secondary N) is 1. The second-order valence-electron chi connectivity index (χ2n) is 13.5. The van der Waals surface area contributed by atoms with E-state index in [9.17, 15) is 18.0 Å². The van der Waals surface area contributed by atoms with E-state index in [1.54, 1.807) is 32.5 Å². The molecule has 274 valence electrons. The standard InChI is InChI=1S/C35H44F3N9O4/c1-5-51-33-24(35(36,37)38)14-23(16-41-33)25-15-27(45(3)20-34(21-50-4)9-7-10-34)30-32(42-25)44-31(43-30)26-17-40-28(18-39-26)47-13-12-46(22(2)19-47)11-6-8-29(48)49/h14-18,22H,5-13,19-21H2,1-4H3,(H,48,49)(H,42,43,44)/t22-/m0/s1. The zero-order valence-electron chi connectivity index (χ0n) is 29.3. The van der Waals surface area contributed by atoms with Crippen LogP contribution < -0.4 is 14.5 Å². The van der Waals surface area contributed by atoms with Crippen LogP contribution in [0.2, 0.25) is 0 Å². The number of rotatable bonds is 14. The molecule has 1 aliphatic heterocycles. The number of fused-ring (bicyclic) bond motifs is 1. The summed E-state index contributed by atoms with van der Waals surface area (Å²) in [5, 5.41) is 8.97. The molecule has 4 aromatic heterocycles. The van der Waals surface area contributed by atoms with Gasteiger partial charge in [-0.15, -0.1) is 0 Å². The van der Waals surface area contributed by atoms with Gasteiger partial charge in [0.1, 0.15) is 22.6 Å². The van der Waals surface area contributed by atoms with Gasteiger partial charge in [-0.3, -0.25) is 9.69 Å². The number of piperazine rings is 1. The van der Waals surface area contributed by atoms with Gasteiger partial charge in [-0.1, -0.05) is 6.42 Å². The van der Waals surface area contributed by atoms with Gasteiger partial charge >= 0.3 is 12.1 Å². The van der Waals surface area contributed by atoms with Gasteiger partial charge in [-0.25, -0.2) is 24.9 Å². The molecule has 6 rings (SSSR count). The van der Waals surface area contributed by atoms with E-state index >= 15 is 0 Å². The number of hydrogen-bond donors (Lipinski definition) is 2. The number of aromatic amines is 1. The van der Waals surface area contributed by atoms with Gasteiger partial charge < -0.3 is 29.4 Å². The fourth-order valence-electron chi connectivity index (χ4n) is 7.08. The molecule has 2 fully saturated rings. The van der Waals surface area contributed by atoms with Crippen molar-refractivity contribution in [2.24, 2.45) is 5.41 Å². The van der Waals surface area contributed by atoms with E-state index in [0.29, 0.717) is 42.3 Å². The lowest BCUT2D eigenvalue weighted by Crippen LogP contribution is -2.52. The number of hydrogen-bond acceptors (Lipinski definition) is 11. The van der Waals surface area contributed by atoms with Crippen LogP contribution in [0.15, 0.2) is 30.7 Å². The maximum absolute atomic E-state index is 14.1. The first-order valence-corrected chi connectivity index (χ1v) is 17.2. The summed E-state index contributed by atoms with van der Waals surface area (Å²) < 4.78 is 52.9. The van der Waals surface area contributed by atoms with E-state index in [0.717, 1.165) is 63.0 Å². The molecule has 0 amide bonds. The van der Waals surface area contributed by atoms with E-state index in [2.05, 4.69) is 36.6 Å². The van der Waals surface area contributed by atoms with E-state index in [-0.39, 0.29) is 35.7 Å². The van der Waals surface area contributed by atoms with Crippen LogP contribution in [0.5, 0.6) is 5.88 Å². The van der Waals surface area contributed by atoms with Gasteiger partial charge in [0.15, 0.2) is 11.5 Å². The van der Waals surface area contributed by atoms with E-state index in [1.165, 1.54) is 6.20 Å². The summed E-state index contributed by atoms with van der Waals surface area (Å²) in [4.78, 5) is 43.7. The van der Waals surface area contributed by atoms with Gasteiger partial charge in [-0.2, -0.15) is 13.2 Å². The molecule has 0 spiro atoms. The smallest absolute Gasteiger partial charge is 0.421 e. The van der Waals surface area contributed by atoms with Gasteiger partial charge in [0.2, 0.25) is 5.88 Å². The van der Waals surface area contributed by atoms with Crippen LogP contribution in [0.3, 0.4) is 0 Å². The molecule has 0 radical (unpaired) electrons. The molecule has 0 aromatic carbocycles. The number of anilines is 2. The lowest BCUT2D eigenvalue weighted by atomic mass is 9.69. The van der Waals surface area contributed by atoms with Crippen molar-refractivity contribution < 1.29 is 32.5 Å². The van der Waals surface area contributed by atoms with Crippen LogP contribution >= 0.6 is 0 Å². The maximum Gasteiger partial charge on any atom is 0.421 e. The van der Waals surface area contributed by atoms with Crippen LogP contribution in [0.4, 0.5) is 24.7 Å². The average Bonchev–Trinajstić information content (AvgIpc) is 3.52. The summed E-state index contributed by atoms with van der Waals surface area (Å²) in [7, 11) is 3.65. The molecule has 2 aliphatic rings. The molecule has 5 heterocycles. The number of carboxylic acid groups (broad SMARTS) is 1. The molecule has 1 aliphatic carbocycles. The van der Waals surface area contributed by atoms with Crippen molar-refractivity contribution >= 4 is 28.6 Å². The molecule has 0 unspecified atom stereocenters. The van der Waals surface area contributed by atoms with Crippen molar-refractivity contribution in [1.82, 2.24) is 34.8 Å². The minimum Gasteiger partial charge on any atom is -0.481 e. The first kappa shape index (κ1) is 36.2. The Balaban J connectivity index is 1.31. The van der Waals surface area contributed by atoms with Crippen molar-refractivity contribution in [1.29, 1.82) is 0 Å². The third-order valence-corrected chi connectivity index (χ3v) is 9.83. The Labute approximate surface area is 294 Å². The number of carbonyl (C=O) groups is 1. The average molecular weight is 712 g/mol. The molecule has 51 heavy (non-hydrogen) atoms. The molecule has 4 aromatic rings. The maximum atomic E-state index is 14.1. The minimum absolute atomic E-state index is 0.0327. The predicted octanol–water partition coefficient (Wildman–Crippen LogP) is 5.52. The summed E-state index contributed by atoms with van der Waals surface area (Å²) in [6.45, 7) is 8.03. The fourth-order valence-corrected chi connectivity index (χ4v) is 7.08. The Kier molecular flexibility index (Phi) is 10.6. The highest BCUT2D eigenvalue weighted by atomic mass is 19.4. The number of aromatic nitrogens is 6. The Morgan fingerprint density at radius 2 is 1.92 bits per heavy atom. The monoisotopic (exact) mass is 711 g/mol. The predicted molar refractivity (Wildman–Crippen MR) is 186 cm³/mol. The zero-order chi connectivity index (χ0) is 36.3. The Morgan fingerprint density at radius 3 is 2.55 bits per heavy atom. The third kappa shape index (κ3) is 8.01. The molecular weight excluding hydrogens is 667 g/mol. The Hall–Kier alpha value is -4.57. The van der Waals surface area contributed by atoms with E-state index in [1.807, 2.05) is 7.05 Å². The quantitative estimate of drug-likeness (QED) is 0.170. The Bertz CT molecular complexity index is 1830. The van der Waals surface area contributed by atoms with Crippen molar-refractivity contribution in [3.8, 4) is 28.7 Å². The van der Waals surface area contributed by atoms with Gasteiger partial charge in [0, 0.05) is 70.0 Å². The lowest BCUT2D eigenvalue weighted by molar-refractivity contribution is -0.139. The number of pyridine rings is 2. The highest BCUT2D eigenvalue weighted by Gasteiger charge is 2.39. The van der Waals surface area contributed by atoms with E-state index in [4.69, 9.17) is 29.5 Å². The van der Waals surface area contributed by atoms with Gasteiger partial charge in [-0.05, 0) is 51.8 Å². The summed E-state index contributed by atoms with van der Waals surface area (Å²) in [5.74, 6) is -0.111. The molecule has 1 saturated carbocycles. The van der Waals surface area contributed by atoms with Crippen molar-refractivity contribution in [2.75, 3.05) is 69.9 Å². The highest BCUT2D eigenvalue weighted by molar-refractivity contribution is 5.91. The minimum atomic E-state index is -4.67. The molecule has 1 atom stereocenters. The first-order valence-electron chi connectivity index (χ1n) is 17.2. The largest absolute Gasteiger partial charge is 0.481 e. The second-order valence-corrected chi connectivity index (χ2v) is 13.5. The number of carboxylic acids is 1. The molecular formula is C35H44F3N9O4. The number of nitrogens with zero attached hydrogens (tertiary/aromatic N) is 8. The topological polar surface area (TPSA) is 146 Å². The number of alkyl halides is 3. The summed E-state index contributed by atoms with van der Waals surface area (Å²) in [6.07, 6.45) is 3.92. The molecule has 16 heteroatoms. The van der Waals surface area contributed by atoms with Gasteiger partial charge in [0.25, 0.3) is 0 Å². The molecule has 0 bridgehead atoms. The summed E-state index contributed by atoms with van der Waals surface area (Å²) >= 11 is 0. The van der Waals surface area contributed by atoms with Crippen molar-refractivity contribution in [3.63, 3.8) is 0 Å². The lowest BCUT2D eigenvalue weighted by Gasteiger charge is -2.44. The van der Waals surface area contributed by atoms with Crippen molar-refractivity contribution in [2.45, 2.75) is 58.2 Å². The number of imidazole rings is 1. The van der Waals surface area contributed by atoms with Crippen LogP contribution in [0, 0.1) is 5.41 Å². The first-order chi connectivity index (χ1) is 24.4. The van der Waals surface area contributed by atoms with E-state index < -0.39 is 23.6 Å². The third-order valence-electron chi connectivity index (χ3n) is 9.83. The number of aliphatic carboxylic acids is 1. The number of halogens is 3. The van der Waals surface area contributed by atoms with Gasteiger partial charge in [0.05, 0.1) is 37.0 Å². The molecule has 1 saturated heterocycles. The van der Waals surface area contributed by atoms with Crippen LogP contribution in [-0.4, -0.2) is 112 Å². The second kappa shape index (κ2) is 15.0. The number of ether oxygens (including phenoxy) is 2. The number of H-pyrrole nitrogens is 1. The fraction of sp³-hybridized carbons (Fsp3) is 0.543. The molecule has 2 N–H and O–H groups in total. The summed E-state index contributed by atoms with van der Waals surface area (Å²) in [5.41, 5.74) is 1.62. The zero-order valence-corrected chi connectivity index (χ0v) is 29.3. The Morgan fingerprint density at radius 1 is 1.12 bits per heavy atom. The number of methoxy groups -OCH3 is 1. The molecule has 13 nitrogen and oxygen atoms in total. The van der Waals surface area contributed by atoms with Crippen LogP contribution in [0.1, 0.15) is 51.5 Å².